The zero-order chi connectivity index (χ0) is 21.3. The molecule has 1 N–H and O–H groups in total. The first kappa shape index (κ1) is 20.4. The number of likely N-dealkylation sites (tertiary alicyclic amines) is 1. The van der Waals surface area contributed by atoms with Crippen LogP contribution in [-0.4, -0.2) is 49.3 Å². The molecule has 1 aromatic carbocycles. The average molecular weight is 421 g/mol. The number of phenolic OH excluding ortho intramolecular Hbond substituents is 1. The van der Waals surface area contributed by atoms with Crippen LogP contribution >= 0.6 is 0 Å². The highest BCUT2D eigenvalue weighted by atomic mass is 19.4. The summed E-state index contributed by atoms with van der Waals surface area (Å²) in [7, 11) is 0. The van der Waals surface area contributed by atoms with E-state index in [1.165, 1.54) is 0 Å². The third-order valence-corrected chi connectivity index (χ3v) is 5.22. The zero-order valence-electron chi connectivity index (χ0n) is 16.4. The highest BCUT2D eigenvalue weighted by molar-refractivity contribution is 5.42. The van der Waals surface area contributed by atoms with E-state index in [1.807, 2.05) is 13.0 Å². The lowest BCUT2D eigenvalue weighted by atomic mass is 9.93. The molecule has 2 aromatic heterocycles. The van der Waals surface area contributed by atoms with E-state index in [-0.39, 0.29) is 17.4 Å². The summed E-state index contributed by atoms with van der Waals surface area (Å²) in [6.07, 6.45) is -1.86. The Morgan fingerprint density at radius 3 is 2.87 bits per heavy atom. The van der Waals surface area contributed by atoms with Gasteiger partial charge in [0.25, 0.3) is 5.78 Å². The molecule has 0 aliphatic carbocycles. The Bertz CT molecular complexity index is 1040. The second kappa shape index (κ2) is 8.10. The van der Waals surface area contributed by atoms with Crippen LogP contribution in [0, 0.1) is 0 Å². The van der Waals surface area contributed by atoms with Crippen molar-refractivity contribution >= 4 is 5.78 Å². The Balaban J connectivity index is 1.55. The number of piperidine rings is 1. The van der Waals surface area contributed by atoms with Crippen LogP contribution in [0.25, 0.3) is 5.78 Å². The van der Waals surface area contributed by atoms with Crippen molar-refractivity contribution in [2.75, 3.05) is 19.7 Å². The average Bonchev–Trinajstić information content (AvgIpc) is 3.18. The van der Waals surface area contributed by atoms with E-state index in [1.54, 1.807) is 12.1 Å². The molecule has 3 heterocycles. The van der Waals surface area contributed by atoms with Crippen LogP contribution in [-0.2, 0) is 12.7 Å². The summed E-state index contributed by atoms with van der Waals surface area (Å²) in [5.74, 6) is 0.335. The second-order valence-electron chi connectivity index (χ2n) is 7.35. The van der Waals surface area contributed by atoms with Gasteiger partial charge in [0.05, 0.1) is 12.3 Å². The van der Waals surface area contributed by atoms with E-state index >= 15 is 0 Å². The Kier molecular flexibility index (Phi) is 5.50. The summed E-state index contributed by atoms with van der Waals surface area (Å²) >= 11 is 0. The fourth-order valence-corrected chi connectivity index (χ4v) is 3.87. The maximum absolute atomic E-state index is 13.5. The topological polar surface area (TPSA) is 75.8 Å². The lowest BCUT2D eigenvalue weighted by molar-refractivity contribution is -0.142. The number of nitrogens with zero attached hydrogens (tertiary/aromatic N) is 5. The smallest absolute Gasteiger partial charge is 0.433 e. The van der Waals surface area contributed by atoms with Gasteiger partial charge >= 0.3 is 6.18 Å². The molecule has 1 fully saturated rings. The van der Waals surface area contributed by atoms with Crippen LogP contribution in [0.15, 0.2) is 30.6 Å². The fraction of sp³-hybridized carbons (Fsp3) is 0.450. The van der Waals surface area contributed by atoms with Crippen LogP contribution in [0.1, 0.15) is 42.6 Å². The summed E-state index contributed by atoms with van der Waals surface area (Å²) in [4.78, 5) is 10.4. The third kappa shape index (κ3) is 4.18. The van der Waals surface area contributed by atoms with Crippen LogP contribution < -0.4 is 4.74 Å². The van der Waals surface area contributed by atoms with Crippen molar-refractivity contribution in [3.63, 3.8) is 0 Å². The van der Waals surface area contributed by atoms with Gasteiger partial charge in [-0.15, -0.1) is 0 Å². The predicted octanol–water partition coefficient (Wildman–Crippen LogP) is 3.63. The van der Waals surface area contributed by atoms with Gasteiger partial charge in [-0.05, 0) is 50.1 Å². The minimum absolute atomic E-state index is 0.0446. The first-order chi connectivity index (χ1) is 14.3. The van der Waals surface area contributed by atoms with Crippen molar-refractivity contribution in [2.45, 2.75) is 38.4 Å². The Hall–Kier alpha value is -2.88. The lowest BCUT2D eigenvalue weighted by Gasteiger charge is -2.32. The Morgan fingerprint density at radius 1 is 1.27 bits per heavy atom. The molecular weight excluding hydrogens is 399 g/mol. The van der Waals surface area contributed by atoms with Crippen molar-refractivity contribution < 1.29 is 23.0 Å². The first-order valence-electron chi connectivity index (χ1n) is 9.80. The van der Waals surface area contributed by atoms with Gasteiger partial charge in [0.2, 0.25) is 0 Å². The molecule has 4 rings (SSSR count). The number of benzene rings is 1. The van der Waals surface area contributed by atoms with Gasteiger partial charge in [-0.25, -0.2) is 4.98 Å². The molecule has 0 radical (unpaired) electrons. The highest BCUT2D eigenvalue weighted by Crippen LogP contribution is 2.34. The Labute approximate surface area is 171 Å². The summed E-state index contributed by atoms with van der Waals surface area (Å²) in [6, 6.07) is 6.30. The van der Waals surface area contributed by atoms with E-state index < -0.39 is 11.9 Å². The van der Waals surface area contributed by atoms with Crippen molar-refractivity contribution in [1.82, 2.24) is 24.5 Å². The van der Waals surface area contributed by atoms with Gasteiger partial charge in [-0.2, -0.15) is 27.8 Å². The molecule has 0 bridgehead atoms. The number of halogens is 3. The zero-order valence-corrected chi connectivity index (χ0v) is 16.4. The molecule has 7 nitrogen and oxygen atoms in total. The molecule has 3 aromatic rings. The number of ether oxygens (including phenoxy) is 1. The van der Waals surface area contributed by atoms with Gasteiger partial charge < -0.3 is 9.84 Å². The Morgan fingerprint density at radius 2 is 2.10 bits per heavy atom. The summed E-state index contributed by atoms with van der Waals surface area (Å²) in [5.41, 5.74) is 0.485. The van der Waals surface area contributed by atoms with E-state index in [4.69, 9.17) is 4.74 Å². The molecule has 1 aliphatic rings. The molecular formula is C20H22F3N5O2. The first-order valence-corrected chi connectivity index (χ1v) is 9.80. The molecule has 1 unspecified atom stereocenters. The number of aromatic hydroxyl groups is 1. The minimum atomic E-state index is -4.54. The molecule has 0 amide bonds. The van der Waals surface area contributed by atoms with Crippen molar-refractivity contribution in [3.05, 3.63) is 47.5 Å². The maximum Gasteiger partial charge on any atom is 0.433 e. The second-order valence-corrected chi connectivity index (χ2v) is 7.35. The number of hydrogen-bond acceptors (Lipinski definition) is 6. The van der Waals surface area contributed by atoms with E-state index in [0.717, 1.165) is 41.9 Å². The third-order valence-electron chi connectivity index (χ3n) is 5.22. The van der Waals surface area contributed by atoms with Gasteiger partial charge in [-0.3, -0.25) is 4.90 Å². The van der Waals surface area contributed by atoms with Gasteiger partial charge in [-0.1, -0.05) is 6.07 Å². The largest absolute Gasteiger partial charge is 0.504 e. The van der Waals surface area contributed by atoms with E-state index in [0.29, 0.717) is 31.1 Å². The number of phenols is 1. The van der Waals surface area contributed by atoms with Gasteiger partial charge in [0, 0.05) is 19.0 Å². The van der Waals surface area contributed by atoms with Crippen LogP contribution in [0.3, 0.4) is 0 Å². The highest BCUT2D eigenvalue weighted by Gasteiger charge is 2.36. The molecule has 1 atom stereocenters. The monoisotopic (exact) mass is 421 g/mol. The fourth-order valence-electron chi connectivity index (χ4n) is 3.87. The van der Waals surface area contributed by atoms with Crippen LogP contribution in [0.5, 0.6) is 11.5 Å². The van der Waals surface area contributed by atoms with Gasteiger partial charge in [0.1, 0.15) is 6.33 Å². The number of aromatic nitrogens is 4. The van der Waals surface area contributed by atoms with Crippen molar-refractivity contribution in [3.8, 4) is 11.5 Å². The quantitative estimate of drug-likeness (QED) is 0.678. The SMILES string of the molecule is CCOc1cc(CN2CCCC(c3cc(C(F)(F)F)n4ncnc4n3)C2)ccc1O. The van der Waals surface area contributed by atoms with Crippen LogP contribution in [0.4, 0.5) is 13.2 Å². The van der Waals surface area contributed by atoms with Crippen molar-refractivity contribution in [1.29, 1.82) is 0 Å². The van der Waals surface area contributed by atoms with E-state index in [2.05, 4.69) is 20.0 Å². The lowest BCUT2D eigenvalue weighted by Crippen LogP contribution is -2.34. The molecule has 30 heavy (non-hydrogen) atoms. The maximum atomic E-state index is 13.5. The molecule has 1 saturated heterocycles. The van der Waals surface area contributed by atoms with E-state index in [9.17, 15) is 18.3 Å². The minimum Gasteiger partial charge on any atom is -0.504 e. The molecule has 0 spiro atoms. The standard InChI is InChI=1S/C20H22F3N5O2/c1-2-30-17-8-13(5-6-16(17)29)10-27-7-3-4-14(11-27)15-9-18(20(21,22)23)28-19(26-15)24-12-25-28/h5-6,8-9,12,14,29H,2-4,7,10-11H2,1H3. The number of rotatable bonds is 5. The number of hydrogen-bond donors (Lipinski definition) is 1. The van der Waals surface area contributed by atoms with Crippen LogP contribution in [0.2, 0.25) is 0 Å². The normalized spacial score (nSPS) is 18.1. The summed E-state index contributed by atoms with van der Waals surface area (Å²) in [6.45, 7) is 4.31. The molecule has 0 saturated carbocycles. The number of alkyl halides is 3. The predicted molar refractivity (Wildman–Crippen MR) is 102 cm³/mol. The summed E-state index contributed by atoms with van der Waals surface area (Å²) < 4.78 is 46.6. The number of fused-ring (bicyclic) bond motifs is 1. The summed E-state index contributed by atoms with van der Waals surface area (Å²) in [5, 5.41) is 13.5. The van der Waals surface area contributed by atoms with Gasteiger partial charge in [0.15, 0.2) is 17.2 Å². The molecule has 10 heteroatoms. The molecule has 1 aliphatic heterocycles. The van der Waals surface area contributed by atoms with Crippen molar-refractivity contribution in [2.24, 2.45) is 0 Å². The molecule has 160 valence electrons.